The molecule has 0 spiro atoms. The number of rotatable bonds is 3. The molecule has 1 amide bonds. The molecule has 0 bridgehead atoms. The molecule has 2 atom stereocenters. The SMILES string of the molecule is O=C([C@@H]1Cc2ccccc2CO1)N1CC[C@H](Oc2cnccn2)C1. The summed E-state index contributed by atoms with van der Waals surface area (Å²) in [6.45, 7) is 1.75. The minimum Gasteiger partial charge on any atom is -0.471 e. The van der Waals surface area contributed by atoms with Crippen molar-refractivity contribution in [2.45, 2.75) is 31.7 Å². The number of fused-ring (bicyclic) bond motifs is 1. The Morgan fingerprint density at radius 3 is 2.96 bits per heavy atom. The largest absolute Gasteiger partial charge is 0.471 e. The van der Waals surface area contributed by atoms with E-state index in [-0.39, 0.29) is 12.0 Å². The van der Waals surface area contributed by atoms with Gasteiger partial charge in [-0.1, -0.05) is 24.3 Å². The molecule has 6 heteroatoms. The van der Waals surface area contributed by atoms with Crippen molar-refractivity contribution in [2.75, 3.05) is 13.1 Å². The topological polar surface area (TPSA) is 64.5 Å². The number of aromatic nitrogens is 2. The van der Waals surface area contributed by atoms with E-state index in [1.54, 1.807) is 18.6 Å². The molecule has 0 aliphatic carbocycles. The van der Waals surface area contributed by atoms with Crippen molar-refractivity contribution in [1.82, 2.24) is 14.9 Å². The fraction of sp³-hybridized carbons (Fsp3) is 0.389. The predicted molar refractivity (Wildman–Crippen MR) is 86.4 cm³/mol. The summed E-state index contributed by atoms with van der Waals surface area (Å²) in [4.78, 5) is 22.7. The van der Waals surface area contributed by atoms with Crippen LogP contribution < -0.4 is 4.74 Å². The average molecular weight is 325 g/mol. The Labute approximate surface area is 140 Å². The van der Waals surface area contributed by atoms with E-state index in [2.05, 4.69) is 22.1 Å². The number of carbonyl (C=O) groups is 1. The number of likely N-dealkylation sites (tertiary alicyclic amines) is 1. The highest BCUT2D eigenvalue weighted by atomic mass is 16.5. The number of amides is 1. The van der Waals surface area contributed by atoms with Crippen LogP contribution in [0.25, 0.3) is 0 Å². The van der Waals surface area contributed by atoms with Crippen molar-refractivity contribution in [3.63, 3.8) is 0 Å². The Kier molecular flexibility index (Phi) is 4.13. The number of nitrogens with zero attached hydrogens (tertiary/aromatic N) is 3. The van der Waals surface area contributed by atoms with E-state index in [9.17, 15) is 4.79 Å². The fourth-order valence-electron chi connectivity index (χ4n) is 3.25. The lowest BCUT2D eigenvalue weighted by Crippen LogP contribution is -2.42. The molecular weight excluding hydrogens is 306 g/mol. The highest BCUT2D eigenvalue weighted by Gasteiger charge is 2.34. The van der Waals surface area contributed by atoms with Crippen LogP contribution in [-0.4, -0.2) is 46.1 Å². The standard InChI is InChI=1S/C18H19N3O3/c22-18(16-9-13-3-1-2-4-14(13)12-23-16)21-8-5-15(11-21)24-17-10-19-6-7-20-17/h1-4,6-7,10,15-16H,5,8-9,11-12H2/t15-,16-/m0/s1. The summed E-state index contributed by atoms with van der Waals surface area (Å²) in [6, 6.07) is 8.13. The number of ether oxygens (including phenoxy) is 2. The second-order valence-electron chi connectivity index (χ2n) is 6.13. The molecule has 1 saturated heterocycles. The number of hydrogen-bond donors (Lipinski definition) is 0. The van der Waals surface area contributed by atoms with Crippen LogP contribution in [0, 0.1) is 0 Å². The van der Waals surface area contributed by atoms with Crippen molar-refractivity contribution < 1.29 is 14.3 Å². The van der Waals surface area contributed by atoms with Gasteiger partial charge in [0.05, 0.1) is 19.3 Å². The average Bonchev–Trinajstić information content (AvgIpc) is 3.10. The first-order valence-electron chi connectivity index (χ1n) is 8.19. The monoisotopic (exact) mass is 325 g/mol. The Hall–Kier alpha value is -2.47. The van der Waals surface area contributed by atoms with Gasteiger partial charge in [0, 0.05) is 31.8 Å². The maximum atomic E-state index is 12.7. The molecule has 2 aliphatic heterocycles. The molecule has 3 heterocycles. The zero-order chi connectivity index (χ0) is 16.4. The molecule has 124 valence electrons. The number of benzene rings is 1. The molecule has 1 fully saturated rings. The van der Waals surface area contributed by atoms with Gasteiger partial charge in [-0.3, -0.25) is 9.78 Å². The van der Waals surface area contributed by atoms with Gasteiger partial charge in [-0.25, -0.2) is 4.98 Å². The Morgan fingerprint density at radius 1 is 1.25 bits per heavy atom. The molecule has 2 aliphatic rings. The maximum absolute atomic E-state index is 12.7. The van der Waals surface area contributed by atoms with Gasteiger partial charge in [-0.15, -0.1) is 0 Å². The van der Waals surface area contributed by atoms with Crippen LogP contribution >= 0.6 is 0 Å². The van der Waals surface area contributed by atoms with E-state index in [1.807, 2.05) is 17.0 Å². The van der Waals surface area contributed by atoms with Crippen molar-refractivity contribution in [1.29, 1.82) is 0 Å². The highest BCUT2D eigenvalue weighted by Crippen LogP contribution is 2.23. The van der Waals surface area contributed by atoms with E-state index >= 15 is 0 Å². The Morgan fingerprint density at radius 2 is 2.12 bits per heavy atom. The van der Waals surface area contributed by atoms with Crippen LogP contribution in [0.1, 0.15) is 17.5 Å². The van der Waals surface area contributed by atoms with Gasteiger partial charge in [0.2, 0.25) is 5.88 Å². The molecular formula is C18H19N3O3. The Balaban J connectivity index is 1.36. The van der Waals surface area contributed by atoms with Gasteiger partial charge < -0.3 is 14.4 Å². The molecule has 6 nitrogen and oxygen atoms in total. The summed E-state index contributed by atoms with van der Waals surface area (Å²) in [5.41, 5.74) is 2.38. The third-order valence-corrected chi connectivity index (χ3v) is 4.52. The van der Waals surface area contributed by atoms with Crippen LogP contribution in [0.3, 0.4) is 0 Å². The van der Waals surface area contributed by atoms with Gasteiger partial charge in [0.25, 0.3) is 5.91 Å². The molecule has 2 aromatic rings. The summed E-state index contributed by atoms with van der Waals surface area (Å²) >= 11 is 0. The first kappa shape index (κ1) is 15.1. The van der Waals surface area contributed by atoms with Crippen molar-refractivity contribution in [3.05, 3.63) is 54.0 Å². The van der Waals surface area contributed by atoms with E-state index in [1.165, 1.54) is 11.1 Å². The van der Waals surface area contributed by atoms with Gasteiger partial charge in [0.15, 0.2) is 0 Å². The third-order valence-electron chi connectivity index (χ3n) is 4.52. The van der Waals surface area contributed by atoms with Crippen LogP contribution in [0.15, 0.2) is 42.9 Å². The minimum absolute atomic E-state index is 0.0403. The van der Waals surface area contributed by atoms with Crippen LogP contribution in [0.2, 0.25) is 0 Å². The van der Waals surface area contributed by atoms with Crippen LogP contribution in [-0.2, 0) is 22.6 Å². The van der Waals surface area contributed by atoms with Crippen LogP contribution in [0.4, 0.5) is 0 Å². The first-order chi connectivity index (χ1) is 11.8. The van der Waals surface area contributed by atoms with Crippen molar-refractivity contribution >= 4 is 5.91 Å². The smallest absolute Gasteiger partial charge is 0.252 e. The second-order valence-corrected chi connectivity index (χ2v) is 6.13. The van der Waals surface area contributed by atoms with E-state index < -0.39 is 6.10 Å². The summed E-state index contributed by atoms with van der Waals surface area (Å²) in [7, 11) is 0. The summed E-state index contributed by atoms with van der Waals surface area (Å²) in [5.74, 6) is 0.550. The van der Waals surface area contributed by atoms with Crippen LogP contribution in [0.5, 0.6) is 5.88 Å². The number of hydrogen-bond acceptors (Lipinski definition) is 5. The predicted octanol–water partition coefficient (Wildman–Crippen LogP) is 1.60. The lowest BCUT2D eigenvalue weighted by atomic mass is 9.98. The van der Waals surface area contributed by atoms with E-state index in [0.717, 1.165) is 6.42 Å². The molecule has 0 saturated carbocycles. The quantitative estimate of drug-likeness (QED) is 0.857. The number of carbonyl (C=O) groups excluding carboxylic acids is 1. The summed E-state index contributed by atoms with van der Waals surface area (Å²) in [6.07, 6.45) is 5.80. The molecule has 0 N–H and O–H groups in total. The normalized spacial score (nSPS) is 22.9. The third kappa shape index (κ3) is 3.10. The second kappa shape index (κ2) is 6.57. The van der Waals surface area contributed by atoms with Gasteiger partial charge >= 0.3 is 0 Å². The molecule has 1 aromatic heterocycles. The van der Waals surface area contributed by atoms with Gasteiger partial charge in [-0.2, -0.15) is 0 Å². The highest BCUT2D eigenvalue weighted by molar-refractivity contribution is 5.82. The van der Waals surface area contributed by atoms with Crippen molar-refractivity contribution in [2.24, 2.45) is 0 Å². The van der Waals surface area contributed by atoms with Gasteiger partial charge in [-0.05, 0) is 11.1 Å². The zero-order valence-electron chi connectivity index (χ0n) is 13.3. The Bertz CT molecular complexity index is 722. The van der Waals surface area contributed by atoms with Gasteiger partial charge in [0.1, 0.15) is 12.2 Å². The van der Waals surface area contributed by atoms with E-state index in [0.29, 0.717) is 32.0 Å². The molecule has 4 rings (SSSR count). The minimum atomic E-state index is -0.393. The zero-order valence-corrected chi connectivity index (χ0v) is 13.3. The molecule has 24 heavy (non-hydrogen) atoms. The lowest BCUT2D eigenvalue weighted by Gasteiger charge is -2.28. The summed E-state index contributed by atoms with van der Waals surface area (Å²) < 4.78 is 11.6. The maximum Gasteiger partial charge on any atom is 0.252 e. The molecule has 1 aromatic carbocycles. The summed E-state index contributed by atoms with van der Waals surface area (Å²) in [5, 5.41) is 0. The molecule has 0 radical (unpaired) electrons. The lowest BCUT2D eigenvalue weighted by molar-refractivity contribution is -0.144. The fourth-order valence-corrected chi connectivity index (χ4v) is 3.25. The van der Waals surface area contributed by atoms with Crippen molar-refractivity contribution in [3.8, 4) is 5.88 Å². The van der Waals surface area contributed by atoms with E-state index in [4.69, 9.17) is 9.47 Å². The molecule has 0 unspecified atom stereocenters. The first-order valence-corrected chi connectivity index (χ1v) is 8.19.